The number of H-pyrrole nitrogens is 1. The molecule has 0 radical (unpaired) electrons. The molecule has 0 saturated carbocycles. The first-order valence-corrected chi connectivity index (χ1v) is 7.84. The van der Waals surface area contributed by atoms with Gasteiger partial charge in [0.25, 0.3) is 5.56 Å². The molecule has 2 aromatic carbocycles. The van der Waals surface area contributed by atoms with Gasteiger partial charge < -0.3 is 19.8 Å². The number of aromatic amines is 1. The van der Waals surface area contributed by atoms with Gasteiger partial charge in [0.15, 0.2) is 11.5 Å². The number of hydrogen-bond donors (Lipinski definition) is 2. The molecule has 0 aliphatic heterocycles. The minimum absolute atomic E-state index is 0.161. The average Bonchev–Trinajstić information content (AvgIpc) is 2.62. The Morgan fingerprint density at radius 1 is 1.00 bits per heavy atom. The quantitative estimate of drug-likeness (QED) is 0.723. The summed E-state index contributed by atoms with van der Waals surface area (Å²) in [4.78, 5) is 15.1. The number of fused-ring (bicyclic) bond motifs is 1. The molecule has 5 nitrogen and oxygen atoms in total. The largest absolute Gasteiger partial charge is 0.493 e. The van der Waals surface area contributed by atoms with E-state index >= 15 is 0 Å². The van der Waals surface area contributed by atoms with E-state index in [4.69, 9.17) is 9.47 Å². The van der Waals surface area contributed by atoms with Crippen LogP contribution in [0.3, 0.4) is 0 Å². The highest BCUT2D eigenvalue weighted by Gasteiger charge is 2.09. The summed E-state index contributed by atoms with van der Waals surface area (Å²) in [6.45, 7) is 0.945. The first kappa shape index (κ1) is 17.0. The Labute approximate surface area is 144 Å². The van der Waals surface area contributed by atoms with Crippen LogP contribution in [-0.2, 0) is 13.1 Å². The van der Waals surface area contributed by atoms with Crippen molar-refractivity contribution in [3.05, 3.63) is 69.8 Å². The predicted octanol–water partition coefficient (Wildman–Crippen LogP) is 2.97. The monoisotopic (exact) mass is 342 g/mol. The average molecular weight is 342 g/mol. The van der Waals surface area contributed by atoms with Gasteiger partial charge in [-0.05, 0) is 29.8 Å². The Bertz CT molecular complexity index is 936. The molecule has 25 heavy (non-hydrogen) atoms. The normalized spacial score (nSPS) is 10.8. The Kier molecular flexibility index (Phi) is 5.00. The number of ether oxygens (including phenoxy) is 2. The van der Waals surface area contributed by atoms with E-state index in [1.807, 2.05) is 12.1 Å². The maximum Gasteiger partial charge on any atom is 0.252 e. The van der Waals surface area contributed by atoms with Gasteiger partial charge >= 0.3 is 0 Å². The molecule has 0 fully saturated rings. The second kappa shape index (κ2) is 7.36. The lowest BCUT2D eigenvalue weighted by Gasteiger charge is -2.10. The van der Waals surface area contributed by atoms with E-state index in [9.17, 15) is 9.18 Å². The zero-order valence-corrected chi connectivity index (χ0v) is 14.1. The lowest BCUT2D eigenvalue weighted by molar-refractivity contribution is 0.356. The molecule has 0 aliphatic carbocycles. The minimum atomic E-state index is -0.265. The van der Waals surface area contributed by atoms with Crippen LogP contribution in [0.2, 0.25) is 0 Å². The number of aromatic nitrogens is 1. The first-order valence-electron chi connectivity index (χ1n) is 7.84. The van der Waals surface area contributed by atoms with Crippen LogP contribution in [0.5, 0.6) is 11.5 Å². The Morgan fingerprint density at radius 3 is 2.36 bits per heavy atom. The zero-order chi connectivity index (χ0) is 17.8. The molecule has 130 valence electrons. The van der Waals surface area contributed by atoms with Gasteiger partial charge in [0.2, 0.25) is 0 Å². The highest BCUT2D eigenvalue weighted by atomic mass is 19.1. The summed E-state index contributed by atoms with van der Waals surface area (Å²) in [5, 5.41) is 4.05. The van der Waals surface area contributed by atoms with Crippen molar-refractivity contribution in [3.8, 4) is 11.5 Å². The van der Waals surface area contributed by atoms with Crippen LogP contribution in [0.1, 0.15) is 11.1 Å². The summed E-state index contributed by atoms with van der Waals surface area (Å²) in [7, 11) is 3.12. The Balaban J connectivity index is 1.80. The summed E-state index contributed by atoms with van der Waals surface area (Å²) in [5.74, 6) is 0.902. The molecule has 6 heteroatoms. The number of hydrogen-bond acceptors (Lipinski definition) is 4. The van der Waals surface area contributed by atoms with Crippen LogP contribution in [0, 0.1) is 5.82 Å². The molecule has 0 spiro atoms. The molecule has 0 unspecified atom stereocenters. The molecule has 1 heterocycles. The van der Waals surface area contributed by atoms with E-state index in [2.05, 4.69) is 10.3 Å². The van der Waals surface area contributed by atoms with Crippen molar-refractivity contribution in [3.63, 3.8) is 0 Å². The highest BCUT2D eigenvalue weighted by molar-refractivity contribution is 5.83. The molecule has 0 saturated heterocycles. The van der Waals surface area contributed by atoms with Gasteiger partial charge in [-0.25, -0.2) is 4.39 Å². The number of methoxy groups -OCH3 is 2. The topological polar surface area (TPSA) is 63.3 Å². The lowest BCUT2D eigenvalue weighted by atomic mass is 10.1. The van der Waals surface area contributed by atoms with Crippen molar-refractivity contribution in [2.24, 2.45) is 0 Å². The molecule has 3 aromatic rings. The summed E-state index contributed by atoms with van der Waals surface area (Å²) in [5.41, 5.74) is 2.09. The highest BCUT2D eigenvalue weighted by Crippen LogP contribution is 2.30. The van der Waals surface area contributed by atoms with E-state index in [1.54, 1.807) is 32.4 Å². The number of benzene rings is 2. The van der Waals surface area contributed by atoms with Gasteiger partial charge in [0.05, 0.1) is 19.7 Å². The number of halogens is 1. The van der Waals surface area contributed by atoms with E-state index in [0.717, 1.165) is 10.9 Å². The van der Waals surface area contributed by atoms with E-state index in [0.29, 0.717) is 35.7 Å². The van der Waals surface area contributed by atoms with Crippen LogP contribution in [-0.4, -0.2) is 19.2 Å². The number of nitrogens with one attached hydrogen (secondary N) is 2. The second-order valence-electron chi connectivity index (χ2n) is 5.65. The fourth-order valence-corrected chi connectivity index (χ4v) is 2.65. The molecular weight excluding hydrogens is 323 g/mol. The summed E-state index contributed by atoms with van der Waals surface area (Å²) >= 11 is 0. The summed E-state index contributed by atoms with van der Waals surface area (Å²) in [6, 6.07) is 11.7. The van der Waals surface area contributed by atoms with Gasteiger partial charge in [-0.3, -0.25) is 4.79 Å². The standard InChI is InChI=1S/C19H19FN2O3/c1-24-17-8-13-7-14(19(23)22-16(13)9-18(17)25-2)11-21-10-12-3-5-15(20)6-4-12/h3-9,21H,10-11H2,1-2H3,(H,22,23). The smallest absolute Gasteiger partial charge is 0.252 e. The molecule has 2 N–H and O–H groups in total. The third-order valence-electron chi connectivity index (χ3n) is 3.98. The zero-order valence-electron chi connectivity index (χ0n) is 14.1. The van der Waals surface area contributed by atoms with Crippen molar-refractivity contribution in [1.29, 1.82) is 0 Å². The third-order valence-corrected chi connectivity index (χ3v) is 3.98. The predicted molar refractivity (Wildman–Crippen MR) is 94.6 cm³/mol. The fraction of sp³-hybridized carbons (Fsp3) is 0.211. The van der Waals surface area contributed by atoms with Crippen LogP contribution >= 0.6 is 0 Å². The van der Waals surface area contributed by atoms with Gasteiger partial charge in [0.1, 0.15) is 5.82 Å². The van der Waals surface area contributed by atoms with E-state index in [-0.39, 0.29) is 11.4 Å². The van der Waals surface area contributed by atoms with Crippen LogP contribution < -0.4 is 20.3 Å². The second-order valence-corrected chi connectivity index (χ2v) is 5.65. The van der Waals surface area contributed by atoms with Gasteiger partial charge in [-0.2, -0.15) is 0 Å². The van der Waals surface area contributed by atoms with Crippen molar-refractivity contribution >= 4 is 10.9 Å². The first-order chi connectivity index (χ1) is 12.1. The summed E-state index contributed by atoms with van der Waals surface area (Å²) in [6.07, 6.45) is 0. The van der Waals surface area contributed by atoms with Gasteiger partial charge in [-0.15, -0.1) is 0 Å². The van der Waals surface area contributed by atoms with Crippen LogP contribution in [0.4, 0.5) is 4.39 Å². The molecule has 0 atom stereocenters. The Morgan fingerprint density at radius 2 is 1.68 bits per heavy atom. The molecule has 0 amide bonds. The van der Waals surface area contributed by atoms with Crippen LogP contribution in [0.25, 0.3) is 10.9 Å². The van der Waals surface area contributed by atoms with Crippen molar-refractivity contribution in [2.75, 3.05) is 14.2 Å². The van der Waals surface area contributed by atoms with Crippen molar-refractivity contribution in [2.45, 2.75) is 13.1 Å². The van der Waals surface area contributed by atoms with Crippen molar-refractivity contribution < 1.29 is 13.9 Å². The molecule has 0 aliphatic rings. The Hall–Kier alpha value is -2.86. The third kappa shape index (κ3) is 3.80. The number of rotatable bonds is 6. The fourth-order valence-electron chi connectivity index (χ4n) is 2.65. The lowest BCUT2D eigenvalue weighted by Crippen LogP contribution is -2.20. The molecular formula is C19H19FN2O3. The van der Waals surface area contributed by atoms with Crippen LogP contribution in [0.15, 0.2) is 47.3 Å². The van der Waals surface area contributed by atoms with Gasteiger partial charge in [0, 0.05) is 30.1 Å². The van der Waals surface area contributed by atoms with E-state index in [1.165, 1.54) is 12.1 Å². The summed E-state index contributed by atoms with van der Waals surface area (Å²) < 4.78 is 23.5. The molecule has 1 aromatic heterocycles. The van der Waals surface area contributed by atoms with Gasteiger partial charge in [-0.1, -0.05) is 12.1 Å². The van der Waals surface area contributed by atoms with E-state index < -0.39 is 0 Å². The molecule has 3 rings (SSSR count). The maximum absolute atomic E-state index is 12.9. The maximum atomic E-state index is 12.9. The minimum Gasteiger partial charge on any atom is -0.493 e. The SMILES string of the molecule is COc1cc2cc(CNCc3ccc(F)cc3)c(=O)[nH]c2cc1OC. The molecule has 0 bridgehead atoms. The number of pyridine rings is 1. The van der Waals surface area contributed by atoms with Crippen molar-refractivity contribution in [1.82, 2.24) is 10.3 Å².